The van der Waals surface area contributed by atoms with Crippen LogP contribution in [-0.2, 0) is 22.6 Å². The molecule has 0 fully saturated rings. The molecule has 8 bridgehead atoms. The van der Waals surface area contributed by atoms with Crippen molar-refractivity contribution in [2.75, 3.05) is 7.11 Å². The summed E-state index contributed by atoms with van der Waals surface area (Å²) in [6, 6.07) is 6.23. The lowest BCUT2D eigenvalue weighted by molar-refractivity contribution is -0.137. The third-order valence-corrected chi connectivity index (χ3v) is 9.19. The maximum Gasteiger partial charge on any atom is 0.303 e. The Morgan fingerprint density at radius 2 is 1.78 bits per heavy atom. The highest BCUT2D eigenvalue weighted by atomic mass is 16.5. The molecule has 3 aliphatic rings. The maximum atomic E-state index is 13.4. The molecule has 2 aliphatic heterocycles. The van der Waals surface area contributed by atoms with Crippen LogP contribution in [0.15, 0.2) is 18.2 Å². The van der Waals surface area contributed by atoms with E-state index in [0.29, 0.717) is 18.6 Å². The number of H-pyrrole nitrogens is 2. The van der Waals surface area contributed by atoms with Gasteiger partial charge in [-0.1, -0.05) is 13.8 Å². The molecule has 0 aromatic carbocycles. The first-order valence-corrected chi connectivity index (χ1v) is 14.3. The quantitative estimate of drug-likeness (QED) is 0.306. The molecule has 2 atom stereocenters. The van der Waals surface area contributed by atoms with Gasteiger partial charge in [0.25, 0.3) is 0 Å². The predicted octanol–water partition coefficient (Wildman–Crippen LogP) is 6.91. The summed E-state index contributed by atoms with van der Waals surface area (Å²) in [6.07, 6.45) is 1.59. The zero-order chi connectivity index (χ0) is 29.2. The summed E-state index contributed by atoms with van der Waals surface area (Å²) in [4.78, 5) is 42.3. The van der Waals surface area contributed by atoms with Crippen molar-refractivity contribution in [3.63, 3.8) is 0 Å². The van der Waals surface area contributed by atoms with Crippen molar-refractivity contribution in [3.8, 4) is 0 Å². The highest BCUT2D eigenvalue weighted by Gasteiger charge is 2.35. The van der Waals surface area contributed by atoms with E-state index in [4.69, 9.17) is 14.7 Å². The van der Waals surface area contributed by atoms with Crippen molar-refractivity contribution in [1.29, 1.82) is 0 Å². The van der Waals surface area contributed by atoms with Gasteiger partial charge in [0, 0.05) is 70.7 Å². The Labute approximate surface area is 238 Å². The van der Waals surface area contributed by atoms with Crippen LogP contribution in [0.3, 0.4) is 0 Å². The van der Waals surface area contributed by atoms with E-state index >= 15 is 0 Å². The number of Topliss-reactive ketones (excluding diaryl/α,β-unsaturated/α-hetero) is 1. The van der Waals surface area contributed by atoms with Crippen molar-refractivity contribution in [1.82, 2.24) is 19.9 Å². The summed E-state index contributed by atoms with van der Waals surface area (Å²) in [5.41, 5.74) is 14.0. The van der Waals surface area contributed by atoms with E-state index in [-0.39, 0.29) is 30.5 Å². The van der Waals surface area contributed by atoms with Gasteiger partial charge in [0.2, 0.25) is 0 Å². The number of carbonyl (C=O) groups is 2. The number of aliphatic carboxylic acids is 1. The van der Waals surface area contributed by atoms with Gasteiger partial charge in [-0.3, -0.25) is 14.6 Å². The van der Waals surface area contributed by atoms with Gasteiger partial charge < -0.3 is 19.8 Å². The Balaban J connectivity index is 1.76. The molecule has 1 aliphatic carbocycles. The van der Waals surface area contributed by atoms with Gasteiger partial charge in [0.15, 0.2) is 5.78 Å². The van der Waals surface area contributed by atoms with Gasteiger partial charge in [-0.05, 0) is 74.1 Å². The topological polar surface area (TPSA) is 121 Å². The van der Waals surface area contributed by atoms with Gasteiger partial charge in [-0.2, -0.15) is 0 Å². The normalized spacial score (nSPS) is 18.0. The number of hydrogen-bond acceptors (Lipinski definition) is 5. The monoisotopic (exact) mass is 552 g/mol. The number of ether oxygens (including phenoxy) is 1. The lowest BCUT2D eigenvalue weighted by atomic mass is 9.85. The minimum Gasteiger partial charge on any atom is -0.481 e. The van der Waals surface area contributed by atoms with Crippen LogP contribution in [0.25, 0.3) is 33.2 Å². The molecule has 6 rings (SSSR count). The van der Waals surface area contributed by atoms with Crippen LogP contribution < -0.4 is 0 Å². The number of nitrogens with zero attached hydrogens (tertiary/aromatic N) is 2. The molecule has 0 unspecified atom stereocenters. The van der Waals surface area contributed by atoms with E-state index < -0.39 is 5.97 Å². The fourth-order valence-corrected chi connectivity index (χ4v) is 6.81. The van der Waals surface area contributed by atoms with Gasteiger partial charge in [0.1, 0.15) is 0 Å². The number of nitrogens with one attached hydrogen (secondary N) is 2. The SMILES string of the molecule is CCC1=C(C)c2cc3[nH]c(cc4nc(c5c6[nH]c(cc1n2)c(C)c6C(=O)C5)[C@@H](CCC(=O)O)[C@@H]4C)c(C)c3COC. The van der Waals surface area contributed by atoms with Crippen LogP contribution in [0.5, 0.6) is 0 Å². The number of hydrogen-bond donors (Lipinski definition) is 3. The van der Waals surface area contributed by atoms with Gasteiger partial charge >= 0.3 is 5.97 Å². The fourth-order valence-electron chi connectivity index (χ4n) is 6.81. The minimum absolute atomic E-state index is 0.0111. The first-order chi connectivity index (χ1) is 19.6. The minimum atomic E-state index is -0.832. The van der Waals surface area contributed by atoms with Crippen LogP contribution in [0, 0.1) is 13.8 Å². The summed E-state index contributed by atoms with van der Waals surface area (Å²) >= 11 is 0. The average Bonchev–Trinajstić information content (AvgIpc) is 3.67. The molecule has 0 amide bonds. The van der Waals surface area contributed by atoms with Crippen molar-refractivity contribution >= 4 is 45.0 Å². The Morgan fingerprint density at radius 3 is 2.49 bits per heavy atom. The number of aromatic amines is 2. The smallest absolute Gasteiger partial charge is 0.303 e. The largest absolute Gasteiger partial charge is 0.481 e. The summed E-state index contributed by atoms with van der Waals surface area (Å²) in [6.45, 7) is 10.9. The van der Waals surface area contributed by atoms with Crippen molar-refractivity contribution < 1.29 is 19.4 Å². The average molecular weight is 553 g/mol. The first kappa shape index (κ1) is 27.1. The summed E-state index contributed by atoms with van der Waals surface area (Å²) in [5.74, 6) is -0.880. The number of aromatic nitrogens is 4. The van der Waals surface area contributed by atoms with Crippen LogP contribution in [0.1, 0.15) is 107 Å². The second-order valence-electron chi connectivity index (χ2n) is 11.5. The molecule has 5 heterocycles. The summed E-state index contributed by atoms with van der Waals surface area (Å²) in [7, 11) is 1.70. The number of aryl methyl sites for hydroxylation is 2. The lowest BCUT2D eigenvalue weighted by Gasteiger charge is -2.16. The predicted molar refractivity (Wildman–Crippen MR) is 160 cm³/mol. The molecule has 3 aromatic rings. The van der Waals surface area contributed by atoms with Crippen LogP contribution in [0.4, 0.5) is 0 Å². The Kier molecular flexibility index (Phi) is 6.69. The van der Waals surface area contributed by atoms with Crippen molar-refractivity contribution in [3.05, 3.63) is 68.8 Å². The third-order valence-electron chi connectivity index (χ3n) is 9.19. The van der Waals surface area contributed by atoms with Crippen molar-refractivity contribution in [2.24, 2.45) is 0 Å². The number of carboxylic acids is 1. The van der Waals surface area contributed by atoms with E-state index in [1.807, 2.05) is 6.92 Å². The molecule has 41 heavy (non-hydrogen) atoms. The second kappa shape index (κ2) is 10.1. The van der Waals surface area contributed by atoms with Gasteiger partial charge in [-0.25, -0.2) is 4.98 Å². The van der Waals surface area contributed by atoms with Gasteiger partial charge in [-0.15, -0.1) is 0 Å². The number of methoxy groups -OCH3 is 1. The van der Waals surface area contributed by atoms with Gasteiger partial charge in [0.05, 0.1) is 29.2 Å². The number of allylic oxidation sites excluding steroid dienone is 2. The number of fused-ring (bicyclic) bond motifs is 8. The number of ketones is 1. The van der Waals surface area contributed by atoms with E-state index in [1.54, 1.807) is 7.11 Å². The Bertz CT molecular complexity index is 1820. The number of rotatable bonds is 6. The molecule has 8 heteroatoms. The first-order valence-electron chi connectivity index (χ1n) is 14.3. The number of carbonyl (C=O) groups excluding carboxylic acids is 1. The Morgan fingerprint density at radius 1 is 1.05 bits per heavy atom. The molecule has 8 nitrogen and oxygen atoms in total. The Hall–Kier alpha value is -4.04. The van der Waals surface area contributed by atoms with Crippen LogP contribution in [0.2, 0.25) is 0 Å². The molecule has 0 spiro atoms. The second-order valence-corrected chi connectivity index (χ2v) is 11.5. The number of carboxylic acid groups (broad SMARTS) is 1. The van der Waals surface area contributed by atoms with Crippen LogP contribution in [-0.4, -0.2) is 43.9 Å². The highest BCUT2D eigenvalue weighted by molar-refractivity contribution is 6.13. The molecule has 0 saturated carbocycles. The van der Waals surface area contributed by atoms with Crippen molar-refractivity contribution in [2.45, 2.75) is 78.7 Å². The summed E-state index contributed by atoms with van der Waals surface area (Å²) in [5, 5.41) is 9.51. The molecule has 0 radical (unpaired) electrons. The zero-order valence-electron chi connectivity index (χ0n) is 24.5. The van der Waals surface area contributed by atoms with E-state index in [0.717, 1.165) is 79.1 Å². The maximum absolute atomic E-state index is 13.4. The fraction of sp³-hybridized carbons (Fsp3) is 0.394. The molecule has 0 saturated heterocycles. The molecular formula is C33H36N4O4. The zero-order valence-corrected chi connectivity index (χ0v) is 24.5. The van der Waals surface area contributed by atoms with E-state index in [9.17, 15) is 14.7 Å². The molecular weight excluding hydrogens is 516 g/mol. The van der Waals surface area contributed by atoms with Crippen LogP contribution >= 0.6 is 0 Å². The van der Waals surface area contributed by atoms with E-state index in [1.165, 1.54) is 5.57 Å². The standard InChI is InChI=1S/C33H36N4O4/c1-7-19-15(2)24-12-28-22(14-41-6)17(4)23(35-28)11-25-16(3)20(8-9-30(39)40)32(36-25)21-10-29(38)31-18(5)26(37-33(21)31)13-27(19)34-24/h11-13,16,20,35,37H,7-10,14H2,1-6H3,(H,39,40)/t16-,20-/m0/s1. The lowest BCUT2D eigenvalue weighted by Crippen LogP contribution is -2.08. The molecule has 3 N–H and O–H groups in total. The highest BCUT2D eigenvalue weighted by Crippen LogP contribution is 2.44. The third kappa shape index (κ3) is 4.32. The molecule has 3 aromatic heterocycles. The summed E-state index contributed by atoms with van der Waals surface area (Å²) < 4.78 is 5.59. The van der Waals surface area contributed by atoms with E-state index in [2.05, 4.69) is 55.9 Å². The molecule has 212 valence electrons.